The number of nitrogens with one attached hydrogen (secondary N) is 1. The Labute approximate surface area is 164 Å². The highest BCUT2D eigenvalue weighted by Crippen LogP contribution is 2.29. The summed E-state index contributed by atoms with van der Waals surface area (Å²) in [5, 5.41) is 2.66. The Balaban J connectivity index is 2.21. The molecule has 2 rings (SSSR count). The lowest BCUT2D eigenvalue weighted by molar-refractivity contribution is -0.143. The Kier molecular flexibility index (Phi) is 7.36. The zero-order chi connectivity index (χ0) is 19.8. The van der Waals surface area contributed by atoms with E-state index in [-0.39, 0.29) is 6.61 Å². The SMILES string of the molecule is COC(=O)COc1ccc(C(NC(=O)c2ccccc2)C(=O)OC)cc1Br. The largest absolute Gasteiger partial charge is 0.481 e. The van der Waals surface area contributed by atoms with Gasteiger partial charge < -0.3 is 19.5 Å². The summed E-state index contributed by atoms with van der Waals surface area (Å²) in [5.41, 5.74) is 0.909. The molecule has 0 aromatic heterocycles. The first-order chi connectivity index (χ1) is 13.0. The molecule has 0 aliphatic heterocycles. The second kappa shape index (κ2) is 9.72. The van der Waals surface area contributed by atoms with Crippen molar-refractivity contribution in [3.8, 4) is 5.75 Å². The molecule has 1 N–H and O–H groups in total. The summed E-state index contributed by atoms with van der Waals surface area (Å²) in [6.45, 7) is -0.250. The molecule has 7 nitrogen and oxygen atoms in total. The molecule has 0 radical (unpaired) electrons. The average molecular weight is 436 g/mol. The number of carbonyl (C=O) groups is 3. The lowest BCUT2D eigenvalue weighted by Gasteiger charge is -2.18. The van der Waals surface area contributed by atoms with Crippen molar-refractivity contribution in [2.75, 3.05) is 20.8 Å². The van der Waals surface area contributed by atoms with Crippen LogP contribution in [0.4, 0.5) is 0 Å². The fourth-order valence-corrected chi connectivity index (χ4v) is 2.72. The molecule has 8 heteroatoms. The summed E-state index contributed by atoms with van der Waals surface area (Å²) >= 11 is 3.33. The van der Waals surface area contributed by atoms with Crippen LogP contribution < -0.4 is 10.1 Å². The number of halogens is 1. The van der Waals surface area contributed by atoms with Crippen molar-refractivity contribution < 1.29 is 28.6 Å². The summed E-state index contributed by atoms with van der Waals surface area (Å²) in [5.74, 6) is -1.15. The minimum Gasteiger partial charge on any atom is -0.481 e. The standard InChI is InChI=1S/C19H18BrNO6/c1-25-16(22)11-27-15-9-8-13(10-14(15)20)17(19(24)26-2)21-18(23)12-6-4-3-5-7-12/h3-10,17H,11H2,1-2H3,(H,21,23). The third-order valence-electron chi connectivity index (χ3n) is 3.61. The lowest BCUT2D eigenvalue weighted by Crippen LogP contribution is -2.34. The number of hydrogen-bond donors (Lipinski definition) is 1. The number of hydrogen-bond acceptors (Lipinski definition) is 6. The molecule has 0 bridgehead atoms. The van der Waals surface area contributed by atoms with Crippen molar-refractivity contribution >= 4 is 33.8 Å². The average Bonchev–Trinajstić information content (AvgIpc) is 2.70. The van der Waals surface area contributed by atoms with Gasteiger partial charge in [0.1, 0.15) is 5.75 Å². The zero-order valence-electron chi connectivity index (χ0n) is 14.7. The van der Waals surface area contributed by atoms with Crippen molar-refractivity contribution in [2.45, 2.75) is 6.04 Å². The number of esters is 2. The van der Waals surface area contributed by atoms with E-state index in [1.807, 2.05) is 0 Å². The van der Waals surface area contributed by atoms with Gasteiger partial charge in [0.2, 0.25) is 0 Å². The minimum absolute atomic E-state index is 0.250. The van der Waals surface area contributed by atoms with Crippen LogP contribution in [0.2, 0.25) is 0 Å². The van der Waals surface area contributed by atoms with E-state index >= 15 is 0 Å². The molecule has 0 aliphatic carbocycles. The van der Waals surface area contributed by atoms with Gasteiger partial charge in [-0.2, -0.15) is 0 Å². The maximum Gasteiger partial charge on any atom is 0.343 e. The number of amides is 1. The van der Waals surface area contributed by atoms with Crippen molar-refractivity contribution in [1.29, 1.82) is 0 Å². The van der Waals surface area contributed by atoms with Crippen molar-refractivity contribution in [1.82, 2.24) is 5.32 Å². The molecule has 0 heterocycles. The van der Waals surface area contributed by atoms with E-state index in [0.29, 0.717) is 21.3 Å². The van der Waals surface area contributed by atoms with Crippen LogP contribution in [-0.2, 0) is 19.1 Å². The number of methoxy groups -OCH3 is 2. The summed E-state index contributed by atoms with van der Waals surface area (Å²) in [4.78, 5) is 35.8. The van der Waals surface area contributed by atoms with Gasteiger partial charge in [0.05, 0.1) is 18.7 Å². The van der Waals surface area contributed by atoms with Gasteiger partial charge in [0.15, 0.2) is 12.6 Å². The second-order valence-corrected chi connectivity index (χ2v) is 6.20. The Hall–Kier alpha value is -2.87. The zero-order valence-corrected chi connectivity index (χ0v) is 16.3. The maximum absolute atomic E-state index is 12.4. The Morgan fingerprint density at radius 1 is 1.04 bits per heavy atom. The molecular formula is C19H18BrNO6. The summed E-state index contributed by atoms with van der Waals surface area (Å²) in [7, 11) is 2.51. The fourth-order valence-electron chi connectivity index (χ4n) is 2.21. The van der Waals surface area contributed by atoms with Crippen LogP contribution in [0.5, 0.6) is 5.75 Å². The second-order valence-electron chi connectivity index (χ2n) is 5.35. The maximum atomic E-state index is 12.4. The predicted octanol–water partition coefficient (Wildman–Crippen LogP) is 2.65. The monoisotopic (exact) mass is 435 g/mol. The molecule has 1 amide bonds. The number of carbonyl (C=O) groups excluding carboxylic acids is 3. The fraction of sp³-hybridized carbons (Fsp3) is 0.211. The van der Waals surface area contributed by atoms with E-state index in [1.54, 1.807) is 48.5 Å². The molecule has 1 atom stereocenters. The van der Waals surface area contributed by atoms with Crippen LogP contribution in [0.1, 0.15) is 22.0 Å². The third-order valence-corrected chi connectivity index (χ3v) is 4.23. The highest BCUT2D eigenvalue weighted by Gasteiger charge is 2.25. The highest BCUT2D eigenvalue weighted by atomic mass is 79.9. The molecule has 0 spiro atoms. The number of rotatable bonds is 7. The summed E-state index contributed by atoms with van der Waals surface area (Å²) in [6, 6.07) is 12.3. The Morgan fingerprint density at radius 2 is 1.74 bits per heavy atom. The van der Waals surface area contributed by atoms with Crippen molar-refractivity contribution in [3.05, 3.63) is 64.1 Å². The van der Waals surface area contributed by atoms with E-state index in [4.69, 9.17) is 9.47 Å². The van der Waals surface area contributed by atoms with Crippen LogP contribution in [0.15, 0.2) is 53.0 Å². The van der Waals surface area contributed by atoms with Gasteiger partial charge in [-0.25, -0.2) is 9.59 Å². The van der Waals surface area contributed by atoms with Gasteiger partial charge >= 0.3 is 11.9 Å². The molecule has 0 aliphatic rings. The first-order valence-electron chi connectivity index (χ1n) is 7.89. The van der Waals surface area contributed by atoms with E-state index in [2.05, 4.69) is 26.0 Å². The third kappa shape index (κ3) is 5.55. The van der Waals surface area contributed by atoms with E-state index in [1.165, 1.54) is 14.2 Å². The normalized spacial score (nSPS) is 11.2. The van der Waals surface area contributed by atoms with Gasteiger partial charge in [0, 0.05) is 5.56 Å². The first-order valence-corrected chi connectivity index (χ1v) is 8.68. The van der Waals surface area contributed by atoms with Crippen molar-refractivity contribution in [2.24, 2.45) is 0 Å². The van der Waals surface area contributed by atoms with Crippen LogP contribution >= 0.6 is 15.9 Å². The van der Waals surface area contributed by atoms with E-state index < -0.39 is 23.9 Å². The molecule has 142 valence electrons. The number of ether oxygens (including phenoxy) is 3. The number of benzene rings is 2. The topological polar surface area (TPSA) is 90.9 Å². The van der Waals surface area contributed by atoms with Gasteiger partial charge in [-0.05, 0) is 45.8 Å². The minimum atomic E-state index is -1.01. The predicted molar refractivity (Wildman–Crippen MR) is 100 cm³/mol. The van der Waals surface area contributed by atoms with Crippen LogP contribution in [0, 0.1) is 0 Å². The Morgan fingerprint density at radius 3 is 2.33 bits per heavy atom. The molecule has 0 saturated carbocycles. The first kappa shape index (κ1) is 20.4. The molecule has 27 heavy (non-hydrogen) atoms. The Bertz CT molecular complexity index is 824. The molecule has 0 saturated heterocycles. The lowest BCUT2D eigenvalue weighted by atomic mass is 10.1. The highest BCUT2D eigenvalue weighted by molar-refractivity contribution is 9.10. The van der Waals surface area contributed by atoms with Gasteiger partial charge in [0.25, 0.3) is 5.91 Å². The molecule has 2 aromatic carbocycles. The smallest absolute Gasteiger partial charge is 0.343 e. The quantitative estimate of drug-likeness (QED) is 0.672. The van der Waals surface area contributed by atoms with Gasteiger partial charge in [-0.15, -0.1) is 0 Å². The van der Waals surface area contributed by atoms with Crippen molar-refractivity contribution in [3.63, 3.8) is 0 Å². The molecular weight excluding hydrogens is 418 g/mol. The van der Waals surface area contributed by atoms with E-state index in [0.717, 1.165) is 0 Å². The van der Waals surface area contributed by atoms with Gasteiger partial charge in [-0.1, -0.05) is 24.3 Å². The molecule has 2 aromatic rings. The van der Waals surface area contributed by atoms with Crippen LogP contribution in [0.25, 0.3) is 0 Å². The summed E-state index contributed by atoms with van der Waals surface area (Å²) < 4.78 is 15.2. The molecule has 0 fully saturated rings. The van der Waals surface area contributed by atoms with E-state index in [9.17, 15) is 14.4 Å². The van der Waals surface area contributed by atoms with Gasteiger partial charge in [-0.3, -0.25) is 4.79 Å². The van der Waals surface area contributed by atoms with Crippen LogP contribution in [-0.4, -0.2) is 38.7 Å². The molecule has 1 unspecified atom stereocenters. The van der Waals surface area contributed by atoms with Crippen LogP contribution in [0.3, 0.4) is 0 Å². The summed E-state index contributed by atoms with van der Waals surface area (Å²) in [6.07, 6.45) is 0.